The van der Waals surface area contributed by atoms with E-state index in [1.807, 2.05) is 24.3 Å². The summed E-state index contributed by atoms with van der Waals surface area (Å²) in [6.45, 7) is 6.80. The second kappa shape index (κ2) is 10.2. The Morgan fingerprint density at radius 3 is 2.41 bits per heavy atom. The molecular weight excluding hydrogens is 366 g/mol. The standard InChI is InChI=1S/C23H31N3O3/c1-18(25-11-13-26(14-12-25)20-7-5-4-6-8-20)17-24-23(27)16-19-15-21(28-2)9-10-22(19)29-3/h4-10,15,18H,11-14,16-17H2,1-3H3,(H,24,27). The average molecular weight is 398 g/mol. The minimum Gasteiger partial charge on any atom is -0.497 e. The molecule has 0 bridgehead atoms. The molecule has 29 heavy (non-hydrogen) atoms. The number of methoxy groups -OCH3 is 2. The summed E-state index contributed by atoms with van der Waals surface area (Å²) in [6.07, 6.45) is 0.273. The van der Waals surface area contributed by atoms with Gasteiger partial charge in [-0.05, 0) is 37.3 Å². The van der Waals surface area contributed by atoms with Gasteiger partial charge in [0.05, 0.1) is 20.6 Å². The Morgan fingerprint density at radius 1 is 1.03 bits per heavy atom. The molecule has 1 atom stereocenters. The van der Waals surface area contributed by atoms with E-state index in [9.17, 15) is 4.79 Å². The van der Waals surface area contributed by atoms with Gasteiger partial charge in [0.2, 0.25) is 5.91 Å². The zero-order valence-corrected chi connectivity index (χ0v) is 17.6. The summed E-state index contributed by atoms with van der Waals surface area (Å²) < 4.78 is 10.6. The smallest absolute Gasteiger partial charge is 0.224 e. The van der Waals surface area contributed by atoms with Gasteiger partial charge in [0.1, 0.15) is 11.5 Å². The molecule has 0 radical (unpaired) electrons. The summed E-state index contributed by atoms with van der Waals surface area (Å²) in [5.74, 6) is 1.41. The van der Waals surface area contributed by atoms with E-state index in [0.29, 0.717) is 18.3 Å². The fourth-order valence-electron chi connectivity index (χ4n) is 3.71. The topological polar surface area (TPSA) is 54.0 Å². The number of hydrogen-bond donors (Lipinski definition) is 1. The van der Waals surface area contributed by atoms with Gasteiger partial charge in [0.25, 0.3) is 0 Å². The number of ether oxygens (including phenoxy) is 2. The maximum atomic E-state index is 12.5. The fraction of sp³-hybridized carbons (Fsp3) is 0.435. The summed E-state index contributed by atoms with van der Waals surface area (Å²) in [5.41, 5.74) is 2.11. The Bertz CT molecular complexity index is 789. The van der Waals surface area contributed by atoms with Gasteiger partial charge < -0.3 is 19.7 Å². The van der Waals surface area contributed by atoms with Gasteiger partial charge >= 0.3 is 0 Å². The third kappa shape index (κ3) is 5.64. The van der Waals surface area contributed by atoms with E-state index in [1.165, 1.54) is 5.69 Å². The number of nitrogens with one attached hydrogen (secondary N) is 1. The molecule has 1 heterocycles. The second-order valence-corrected chi connectivity index (χ2v) is 7.37. The number of amides is 1. The highest BCUT2D eigenvalue weighted by Gasteiger charge is 2.21. The first-order valence-electron chi connectivity index (χ1n) is 10.1. The van der Waals surface area contributed by atoms with Gasteiger partial charge in [-0.15, -0.1) is 0 Å². The molecule has 6 nitrogen and oxygen atoms in total. The predicted octanol–water partition coefficient (Wildman–Crippen LogP) is 2.57. The van der Waals surface area contributed by atoms with Gasteiger partial charge in [-0.2, -0.15) is 0 Å². The number of para-hydroxylation sites is 1. The number of hydrogen-bond acceptors (Lipinski definition) is 5. The molecule has 1 amide bonds. The lowest BCUT2D eigenvalue weighted by atomic mass is 10.1. The maximum Gasteiger partial charge on any atom is 0.224 e. The van der Waals surface area contributed by atoms with Crippen molar-refractivity contribution in [2.45, 2.75) is 19.4 Å². The number of nitrogens with zero attached hydrogens (tertiary/aromatic N) is 2. The van der Waals surface area contributed by atoms with E-state index in [1.54, 1.807) is 14.2 Å². The highest BCUT2D eigenvalue weighted by molar-refractivity contribution is 5.79. The average Bonchev–Trinajstić information content (AvgIpc) is 2.78. The quantitative estimate of drug-likeness (QED) is 0.742. The van der Waals surface area contributed by atoms with E-state index < -0.39 is 0 Å². The Morgan fingerprint density at radius 2 is 1.76 bits per heavy atom. The fourth-order valence-corrected chi connectivity index (χ4v) is 3.71. The molecule has 0 saturated carbocycles. The van der Waals surface area contributed by atoms with Crippen LogP contribution in [0.4, 0.5) is 5.69 Å². The number of carbonyl (C=O) groups excluding carboxylic acids is 1. The van der Waals surface area contributed by atoms with Crippen LogP contribution in [0.1, 0.15) is 12.5 Å². The number of anilines is 1. The lowest BCUT2D eigenvalue weighted by Gasteiger charge is -2.39. The van der Waals surface area contributed by atoms with Crippen LogP contribution in [0, 0.1) is 0 Å². The zero-order chi connectivity index (χ0) is 20.6. The van der Waals surface area contributed by atoms with E-state index >= 15 is 0 Å². The zero-order valence-electron chi connectivity index (χ0n) is 17.6. The minimum absolute atomic E-state index is 0.00803. The molecule has 1 N–H and O–H groups in total. The monoisotopic (exact) mass is 397 g/mol. The summed E-state index contributed by atoms with van der Waals surface area (Å²) in [7, 11) is 3.23. The highest BCUT2D eigenvalue weighted by Crippen LogP contribution is 2.24. The third-order valence-electron chi connectivity index (χ3n) is 5.49. The van der Waals surface area contributed by atoms with Crippen molar-refractivity contribution in [3.05, 3.63) is 54.1 Å². The first-order valence-corrected chi connectivity index (χ1v) is 10.1. The van der Waals surface area contributed by atoms with E-state index in [2.05, 4.69) is 46.3 Å². The van der Waals surface area contributed by atoms with Crippen molar-refractivity contribution in [1.82, 2.24) is 10.2 Å². The molecule has 2 aromatic carbocycles. The lowest BCUT2D eigenvalue weighted by molar-refractivity contribution is -0.120. The van der Waals surface area contributed by atoms with E-state index in [-0.39, 0.29) is 12.3 Å². The SMILES string of the molecule is COc1ccc(OC)c(CC(=O)NCC(C)N2CCN(c3ccccc3)CC2)c1. The third-order valence-corrected chi connectivity index (χ3v) is 5.49. The minimum atomic E-state index is -0.00803. The van der Waals surface area contributed by atoms with Crippen molar-refractivity contribution in [2.75, 3.05) is 51.8 Å². The van der Waals surface area contributed by atoms with Crippen LogP contribution in [0.2, 0.25) is 0 Å². The van der Waals surface area contributed by atoms with Crippen LogP contribution in [-0.2, 0) is 11.2 Å². The molecule has 0 spiro atoms. The van der Waals surface area contributed by atoms with Crippen molar-refractivity contribution in [3.8, 4) is 11.5 Å². The molecule has 1 aliphatic heterocycles. The van der Waals surface area contributed by atoms with Gasteiger partial charge in [0.15, 0.2) is 0 Å². The van der Waals surface area contributed by atoms with Gasteiger partial charge in [-0.25, -0.2) is 0 Å². The Labute approximate surface area is 173 Å². The van der Waals surface area contributed by atoms with E-state index in [4.69, 9.17) is 9.47 Å². The molecule has 1 saturated heterocycles. The van der Waals surface area contributed by atoms with E-state index in [0.717, 1.165) is 37.5 Å². The van der Waals surface area contributed by atoms with Crippen LogP contribution >= 0.6 is 0 Å². The molecule has 2 aromatic rings. The number of piperazine rings is 1. The summed E-state index contributed by atoms with van der Waals surface area (Å²) >= 11 is 0. The molecule has 1 unspecified atom stereocenters. The molecule has 1 fully saturated rings. The Balaban J connectivity index is 1.46. The van der Waals surface area contributed by atoms with Crippen LogP contribution in [0.3, 0.4) is 0 Å². The number of rotatable bonds is 8. The predicted molar refractivity (Wildman–Crippen MR) is 116 cm³/mol. The lowest BCUT2D eigenvalue weighted by Crippen LogP contribution is -2.52. The van der Waals surface area contributed by atoms with Gasteiger partial charge in [-0.3, -0.25) is 9.69 Å². The Kier molecular flexibility index (Phi) is 7.36. The summed E-state index contributed by atoms with van der Waals surface area (Å²) in [5, 5.41) is 3.07. The van der Waals surface area contributed by atoms with Gasteiger partial charge in [0, 0.05) is 50.0 Å². The van der Waals surface area contributed by atoms with Gasteiger partial charge in [-0.1, -0.05) is 18.2 Å². The molecular formula is C23H31N3O3. The molecule has 3 rings (SSSR count). The van der Waals surface area contributed by atoms with Crippen LogP contribution in [0.25, 0.3) is 0 Å². The van der Waals surface area contributed by atoms with Crippen LogP contribution in [0.5, 0.6) is 11.5 Å². The number of benzene rings is 2. The first-order chi connectivity index (χ1) is 14.1. The van der Waals surface area contributed by atoms with Crippen LogP contribution in [-0.4, -0.2) is 63.8 Å². The maximum absolute atomic E-state index is 12.5. The van der Waals surface area contributed by atoms with Crippen molar-refractivity contribution in [1.29, 1.82) is 0 Å². The highest BCUT2D eigenvalue weighted by atomic mass is 16.5. The molecule has 156 valence electrons. The van der Waals surface area contributed by atoms with Crippen molar-refractivity contribution in [3.63, 3.8) is 0 Å². The molecule has 1 aliphatic rings. The first kappa shape index (κ1) is 21.0. The second-order valence-electron chi connectivity index (χ2n) is 7.37. The Hall–Kier alpha value is -2.73. The largest absolute Gasteiger partial charge is 0.497 e. The summed E-state index contributed by atoms with van der Waals surface area (Å²) in [6, 6.07) is 16.3. The van der Waals surface area contributed by atoms with Crippen molar-refractivity contribution >= 4 is 11.6 Å². The van der Waals surface area contributed by atoms with Crippen molar-refractivity contribution < 1.29 is 14.3 Å². The van der Waals surface area contributed by atoms with Crippen molar-refractivity contribution in [2.24, 2.45) is 0 Å². The normalized spacial score (nSPS) is 15.6. The summed E-state index contributed by atoms with van der Waals surface area (Å²) in [4.78, 5) is 17.3. The molecule has 6 heteroatoms. The molecule has 0 aliphatic carbocycles. The van der Waals surface area contributed by atoms with Crippen LogP contribution in [0.15, 0.2) is 48.5 Å². The molecule has 0 aromatic heterocycles. The number of carbonyl (C=O) groups is 1. The van der Waals surface area contributed by atoms with Crippen LogP contribution < -0.4 is 19.7 Å².